The van der Waals surface area contributed by atoms with Gasteiger partial charge in [-0.2, -0.15) is 0 Å². The van der Waals surface area contributed by atoms with Gasteiger partial charge >= 0.3 is 0 Å². The SMILES string of the molecule is CCNCC(C)S(=O)(=O)Nc1cc(F)cc(Cl)c1. The van der Waals surface area contributed by atoms with Gasteiger partial charge in [0.2, 0.25) is 10.0 Å². The number of hydrogen-bond acceptors (Lipinski definition) is 3. The third-order valence-corrected chi connectivity index (χ3v) is 4.30. The molecule has 0 saturated heterocycles. The molecule has 1 aromatic rings. The van der Waals surface area contributed by atoms with Crippen LogP contribution in [0.3, 0.4) is 0 Å². The first-order chi connectivity index (χ1) is 8.35. The zero-order chi connectivity index (χ0) is 13.8. The van der Waals surface area contributed by atoms with E-state index in [2.05, 4.69) is 10.0 Å². The smallest absolute Gasteiger partial charge is 0.236 e. The van der Waals surface area contributed by atoms with Crippen LogP contribution in [0.5, 0.6) is 0 Å². The molecule has 1 aromatic carbocycles. The summed E-state index contributed by atoms with van der Waals surface area (Å²) in [5.74, 6) is -0.584. The third-order valence-electron chi connectivity index (χ3n) is 2.33. The summed E-state index contributed by atoms with van der Waals surface area (Å²) < 4.78 is 39.2. The summed E-state index contributed by atoms with van der Waals surface area (Å²) in [4.78, 5) is 0. The van der Waals surface area contributed by atoms with Crippen LogP contribution in [0.2, 0.25) is 5.02 Å². The summed E-state index contributed by atoms with van der Waals surface area (Å²) in [6.07, 6.45) is 0. The number of anilines is 1. The van der Waals surface area contributed by atoms with Crippen molar-refractivity contribution < 1.29 is 12.8 Å². The lowest BCUT2D eigenvalue weighted by atomic mass is 10.3. The van der Waals surface area contributed by atoms with Crippen LogP contribution in [-0.4, -0.2) is 26.8 Å². The van der Waals surface area contributed by atoms with Crippen LogP contribution in [0.4, 0.5) is 10.1 Å². The maximum Gasteiger partial charge on any atom is 0.236 e. The highest BCUT2D eigenvalue weighted by molar-refractivity contribution is 7.93. The normalized spacial score (nSPS) is 13.3. The van der Waals surface area contributed by atoms with Crippen LogP contribution in [0.15, 0.2) is 18.2 Å². The van der Waals surface area contributed by atoms with Crippen molar-refractivity contribution in [3.8, 4) is 0 Å². The van der Waals surface area contributed by atoms with Gasteiger partial charge in [-0.15, -0.1) is 0 Å². The van der Waals surface area contributed by atoms with E-state index in [1.54, 1.807) is 6.92 Å². The number of rotatable bonds is 6. The lowest BCUT2D eigenvalue weighted by Crippen LogP contribution is -2.34. The number of hydrogen-bond donors (Lipinski definition) is 2. The fourth-order valence-electron chi connectivity index (χ4n) is 1.33. The Bertz CT molecular complexity index is 488. The molecule has 4 nitrogen and oxygen atoms in total. The van der Waals surface area contributed by atoms with Crippen molar-refractivity contribution in [3.63, 3.8) is 0 Å². The Kier molecular flexibility index (Phi) is 5.37. The lowest BCUT2D eigenvalue weighted by molar-refractivity contribution is 0.579. The zero-order valence-electron chi connectivity index (χ0n) is 10.2. The average Bonchev–Trinajstić information content (AvgIpc) is 2.23. The molecule has 7 heteroatoms. The molecule has 102 valence electrons. The minimum Gasteiger partial charge on any atom is -0.316 e. The van der Waals surface area contributed by atoms with E-state index in [4.69, 9.17) is 11.6 Å². The van der Waals surface area contributed by atoms with Gasteiger partial charge in [0.15, 0.2) is 0 Å². The number of sulfonamides is 1. The number of halogens is 2. The Hall–Kier alpha value is -0.850. The Morgan fingerprint density at radius 1 is 1.39 bits per heavy atom. The summed E-state index contributed by atoms with van der Waals surface area (Å²) >= 11 is 5.65. The Balaban J connectivity index is 2.81. The molecule has 0 spiro atoms. The summed E-state index contributed by atoms with van der Waals surface area (Å²) in [7, 11) is -3.56. The van der Waals surface area contributed by atoms with Crippen LogP contribution in [-0.2, 0) is 10.0 Å². The molecule has 1 unspecified atom stereocenters. The van der Waals surface area contributed by atoms with Gasteiger partial charge < -0.3 is 5.32 Å². The minimum atomic E-state index is -3.56. The summed E-state index contributed by atoms with van der Waals surface area (Å²) in [6.45, 7) is 4.48. The molecule has 1 atom stereocenters. The van der Waals surface area contributed by atoms with Crippen LogP contribution < -0.4 is 10.0 Å². The van der Waals surface area contributed by atoms with Gasteiger partial charge in [0, 0.05) is 11.6 Å². The predicted octanol–water partition coefficient (Wildman–Crippen LogP) is 2.22. The Labute approximate surface area is 112 Å². The summed E-state index contributed by atoms with van der Waals surface area (Å²) in [5.41, 5.74) is 0.128. The number of benzene rings is 1. The summed E-state index contributed by atoms with van der Waals surface area (Å²) in [6, 6.07) is 3.56. The average molecular weight is 295 g/mol. The van der Waals surface area contributed by atoms with Crippen molar-refractivity contribution in [2.24, 2.45) is 0 Å². The highest BCUT2D eigenvalue weighted by Crippen LogP contribution is 2.19. The van der Waals surface area contributed by atoms with Gasteiger partial charge in [-0.1, -0.05) is 18.5 Å². The fraction of sp³-hybridized carbons (Fsp3) is 0.455. The van der Waals surface area contributed by atoms with Crippen molar-refractivity contribution >= 4 is 27.3 Å². The topological polar surface area (TPSA) is 58.2 Å². The molecule has 0 aromatic heterocycles. The maximum atomic E-state index is 13.1. The van der Waals surface area contributed by atoms with Crippen molar-refractivity contribution in [2.45, 2.75) is 19.1 Å². The predicted molar refractivity (Wildman–Crippen MR) is 72.0 cm³/mol. The lowest BCUT2D eigenvalue weighted by Gasteiger charge is -2.15. The molecule has 0 radical (unpaired) electrons. The van der Waals surface area contributed by atoms with Gasteiger partial charge in [-0.25, -0.2) is 12.8 Å². The first kappa shape index (κ1) is 15.2. The molecule has 0 aliphatic heterocycles. The van der Waals surface area contributed by atoms with Gasteiger partial charge in [0.25, 0.3) is 0 Å². The molecule has 0 aliphatic rings. The van der Waals surface area contributed by atoms with Gasteiger partial charge in [0.05, 0.1) is 10.9 Å². The van der Waals surface area contributed by atoms with E-state index in [0.29, 0.717) is 13.1 Å². The fourth-order valence-corrected chi connectivity index (χ4v) is 2.54. The van der Waals surface area contributed by atoms with Crippen molar-refractivity contribution in [1.82, 2.24) is 5.32 Å². The number of nitrogens with one attached hydrogen (secondary N) is 2. The maximum absolute atomic E-state index is 13.1. The highest BCUT2D eigenvalue weighted by Gasteiger charge is 2.20. The van der Waals surface area contributed by atoms with Gasteiger partial charge in [-0.05, 0) is 31.7 Å². The van der Waals surface area contributed by atoms with E-state index in [1.165, 1.54) is 6.07 Å². The van der Waals surface area contributed by atoms with Gasteiger partial charge in [-0.3, -0.25) is 4.72 Å². The summed E-state index contributed by atoms with van der Waals surface area (Å²) in [5, 5.41) is 2.46. The van der Waals surface area contributed by atoms with E-state index in [1.807, 2.05) is 6.92 Å². The van der Waals surface area contributed by atoms with E-state index < -0.39 is 21.1 Å². The standard InChI is InChI=1S/C11H16ClFN2O2S/c1-3-14-7-8(2)18(16,17)15-11-5-9(12)4-10(13)6-11/h4-6,8,14-15H,3,7H2,1-2H3. The van der Waals surface area contributed by atoms with Crippen molar-refractivity contribution in [1.29, 1.82) is 0 Å². The van der Waals surface area contributed by atoms with Crippen LogP contribution in [0.1, 0.15) is 13.8 Å². The Morgan fingerprint density at radius 2 is 2.06 bits per heavy atom. The molecule has 2 N–H and O–H groups in total. The van der Waals surface area contributed by atoms with E-state index >= 15 is 0 Å². The second kappa shape index (κ2) is 6.36. The van der Waals surface area contributed by atoms with E-state index in [9.17, 15) is 12.8 Å². The van der Waals surface area contributed by atoms with Gasteiger partial charge in [0.1, 0.15) is 5.82 Å². The molecule has 0 fully saturated rings. The molecule has 0 amide bonds. The van der Waals surface area contributed by atoms with E-state index in [-0.39, 0.29) is 10.7 Å². The molecule has 0 saturated carbocycles. The molecule has 0 bridgehead atoms. The minimum absolute atomic E-state index is 0.128. The molecule has 1 rings (SSSR count). The zero-order valence-corrected chi connectivity index (χ0v) is 11.8. The molecular weight excluding hydrogens is 279 g/mol. The monoisotopic (exact) mass is 294 g/mol. The first-order valence-electron chi connectivity index (χ1n) is 5.53. The largest absolute Gasteiger partial charge is 0.316 e. The van der Waals surface area contributed by atoms with Crippen LogP contribution in [0.25, 0.3) is 0 Å². The third kappa shape index (κ3) is 4.44. The quantitative estimate of drug-likeness (QED) is 0.846. The second-order valence-electron chi connectivity index (χ2n) is 3.92. The van der Waals surface area contributed by atoms with Crippen molar-refractivity contribution in [2.75, 3.05) is 17.8 Å². The molecule has 0 aliphatic carbocycles. The molecular formula is C11H16ClFN2O2S. The van der Waals surface area contributed by atoms with Crippen LogP contribution >= 0.6 is 11.6 Å². The molecule has 0 heterocycles. The molecule has 18 heavy (non-hydrogen) atoms. The Morgan fingerprint density at radius 3 is 2.61 bits per heavy atom. The van der Waals surface area contributed by atoms with Crippen LogP contribution in [0, 0.1) is 5.82 Å². The second-order valence-corrected chi connectivity index (χ2v) is 6.46. The van der Waals surface area contributed by atoms with Crippen molar-refractivity contribution in [3.05, 3.63) is 29.0 Å². The first-order valence-corrected chi connectivity index (χ1v) is 7.46. The highest BCUT2D eigenvalue weighted by atomic mass is 35.5. The van der Waals surface area contributed by atoms with E-state index in [0.717, 1.165) is 12.1 Å².